The first kappa shape index (κ1) is 19.6. The van der Waals surface area contributed by atoms with Gasteiger partial charge in [0.2, 0.25) is 0 Å². The van der Waals surface area contributed by atoms with Crippen molar-refractivity contribution in [1.29, 1.82) is 0 Å². The molecule has 1 aliphatic carbocycles. The van der Waals surface area contributed by atoms with E-state index in [0.29, 0.717) is 12.2 Å². The maximum Gasteiger partial charge on any atom is 0.272 e. The summed E-state index contributed by atoms with van der Waals surface area (Å²) in [7, 11) is 1.83. The van der Waals surface area contributed by atoms with Crippen LogP contribution in [0.15, 0.2) is 36.4 Å². The zero-order valence-corrected chi connectivity index (χ0v) is 16.6. The molecule has 1 aromatic carbocycles. The predicted octanol–water partition coefficient (Wildman–Crippen LogP) is 4.05. The number of amides is 1. The number of aryl methyl sites for hydroxylation is 1. The normalized spacial score (nSPS) is 16.5. The van der Waals surface area contributed by atoms with E-state index in [1.54, 1.807) is 4.68 Å². The Morgan fingerprint density at radius 2 is 1.89 bits per heavy atom. The third-order valence-electron chi connectivity index (χ3n) is 5.54. The van der Waals surface area contributed by atoms with Crippen LogP contribution in [0.2, 0.25) is 0 Å². The number of carbonyl (C=O) groups excluding carboxylic acids is 1. The van der Waals surface area contributed by atoms with Gasteiger partial charge in [0, 0.05) is 13.1 Å². The molecule has 27 heavy (non-hydrogen) atoms. The van der Waals surface area contributed by atoms with Crippen LogP contribution in [-0.4, -0.2) is 38.3 Å². The predicted molar refractivity (Wildman–Crippen MR) is 107 cm³/mol. The van der Waals surface area contributed by atoms with Crippen LogP contribution in [0.1, 0.15) is 79.7 Å². The first-order valence-electron chi connectivity index (χ1n) is 10.0. The van der Waals surface area contributed by atoms with Crippen LogP contribution in [0, 0.1) is 0 Å². The molecule has 146 valence electrons. The molecule has 3 rings (SSSR count). The zero-order valence-electron chi connectivity index (χ0n) is 16.6. The van der Waals surface area contributed by atoms with Gasteiger partial charge in [-0.2, -0.15) is 5.10 Å². The number of hydrogen-bond donors (Lipinski definition) is 1. The first-order chi connectivity index (χ1) is 13.0. The lowest BCUT2D eigenvalue weighted by atomic mass is 9.93. The minimum Gasteiger partial charge on any atom is -0.387 e. The molecule has 5 heteroatoms. The van der Waals surface area contributed by atoms with Crippen LogP contribution in [0.4, 0.5) is 0 Å². The maximum atomic E-state index is 13.4. The van der Waals surface area contributed by atoms with Gasteiger partial charge in [-0.15, -0.1) is 0 Å². The van der Waals surface area contributed by atoms with E-state index in [2.05, 4.69) is 18.9 Å². The van der Waals surface area contributed by atoms with Gasteiger partial charge in [0.1, 0.15) is 5.69 Å². The molecule has 0 unspecified atom stereocenters. The van der Waals surface area contributed by atoms with E-state index in [0.717, 1.165) is 36.9 Å². The van der Waals surface area contributed by atoms with Gasteiger partial charge in [-0.3, -0.25) is 9.48 Å². The van der Waals surface area contributed by atoms with Crippen molar-refractivity contribution in [3.05, 3.63) is 53.3 Å². The lowest BCUT2D eigenvalue weighted by molar-refractivity contribution is 0.0444. The van der Waals surface area contributed by atoms with Crippen molar-refractivity contribution in [2.24, 2.45) is 7.05 Å². The Bertz CT molecular complexity index is 748. The summed E-state index contributed by atoms with van der Waals surface area (Å²) in [5.74, 6) is 0.245. The summed E-state index contributed by atoms with van der Waals surface area (Å²) in [5, 5.41) is 15.3. The van der Waals surface area contributed by atoms with Gasteiger partial charge < -0.3 is 10.0 Å². The standard InChI is InChI=1S/C22H31N3O2/c1-16(2)19-14-20(24(3)23-19)22(27)25(18-12-8-5-9-13-18)15-21(26)17-10-6-4-7-11-17/h4,6-7,10-11,14,16,18,21,26H,5,8-9,12-13,15H2,1-3H3/t21-/m1/s1. The van der Waals surface area contributed by atoms with Gasteiger partial charge >= 0.3 is 0 Å². The highest BCUT2D eigenvalue weighted by Crippen LogP contribution is 2.27. The smallest absolute Gasteiger partial charge is 0.272 e. The molecule has 0 saturated heterocycles. The Balaban J connectivity index is 1.86. The van der Waals surface area contributed by atoms with Crippen LogP contribution in [0.5, 0.6) is 0 Å². The molecule has 2 aromatic rings. The molecule has 0 radical (unpaired) electrons. The quantitative estimate of drug-likeness (QED) is 0.836. The maximum absolute atomic E-state index is 13.4. The molecule has 1 atom stereocenters. The summed E-state index contributed by atoms with van der Waals surface area (Å²) in [6, 6.07) is 11.7. The summed E-state index contributed by atoms with van der Waals surface area (Å²) in [4.78, 5) is 15.3. The molecule has 0 spiro atoms. The average molecular weight is 370 g/mol. The molecule has 1 heterocycles. The summed E-state index contributed by atoms with van der Waals surface area (Å²) >= 11 is 0. The monoisotopic (exact) mass is 369 g/mol. The molecule has 0 aliphatic heterocycles. The number of aromatic nitrogens is 2. The molecule has 1 N–H and O–H groups in total. The summed E-state index contributed by atoms with van der Waals surface area (Å²) < 4.78 is 1.68. The number of aliphatic hydroxyl groups excluding tert-OH is 1. The fraction of sp³-hybridized carbons (Fsp3) is 0.545. The van der Waals surface area contributed by atoms with E-state index < -0.39 is 6.10 Å². The fourth-order valence-electron chi connectivity index (χ4n) is 3.88. The number of aliphatic hydroxyl groups is 1. The van der Waals surface area contributed by atoms with E-state index in [1.807, 2.05) is 48.3 Å². The van der Waals surface area contributed by atoms with Gasteiger partial charge in [-0.05, 0) is 30.4 Å². The highest BCUT2D eigenvalue weighted by molar-refractivity contribution is 5.93. The molecule has 1 aromatic heterocycles. The third-order valence-corrected chi connectivity index (χ3v) is 5.54. The van der Waals surface area contributed by atoms with Crippen LogP contribution in [0.25, 0.3) is 0 Å². The highest BCUT2D eigenvalue weighted by Gasteiger charge is 2.30. The first-order valence-corrected chi connectivity index (χ1v) is 10.0. The molecule has 0 bridgehead atoms. The molecule has 1 fully saturated rings. The molecule has 1 aliphatic rings. The van der Waals surface area contributed by atoms with Crippen LogP contribution in [0.3, 0.4) is 0 Å². The third kappa shape index (κ3) is 4.59. The second kappa shape index (κ2) is 8.70. The van der Waals surface area contributed by atoms with Crippen molar-refractivity contribution in [1.82, 2.24) is 14.7 Å². The van der Waals surface area contributed by atoms with E-state index in [-0.39, 0.29) is 17.9 Å². The van der Waals surface area contributed by atoms with Gasteiger partial charge in [0.25, 0.3) is 5.91 Å². The second-order valence-electron chi connectivity index (χ2n) is 7.91. The van der Waals surface area contributed by atoms with Crippen LogP contribution in [-0.2, 0) is 7.05 Å². The largest absolute Gasteiger partial charge is 0.387 e. The van der Waals surface area contributed by atoms with E-state index in [9.17, 15) is 9.90 Å². The van der Waals surface area contributed by atoms with Gasteiger partial charge in [0.15, 0.2) is 0 Å². The molecular formula is C22H31N3O2. The van der Waals surface area contributed by atoms with Crippen molar-refractivity contribution >= 4 is 5.91 Å². The summed E-state index contributed by atoms with van der Waals surface area (Å²) in [5.41, 5.74) is 2.37. The average Bonchev–Trinajstić information content (AvgIpc) is 3.09. The molecule has 1 amide bonds. The fourth-order valence-corrected chi connectivity index (χ4v) is 3.88. The highest BCUT2D eigenvalue weighted by atomic mass is 16.3. The van der Waals surface area contributed by atoms with Crippen LogP contribution >= 0.6 is 0 Å². The number of hydrogen-bond acceptors (Lipinski definition) is 3. The second-order valence-corrected chi connectivity index (χ2v) is 7.91. The van der Waals surface area contributed by atoms with Crippen molar-refractivity contribution < 1.29 is 9.90 Å². The van der Waals surface area contributed by atoms with E-state index in [1.165, 1.54) is 6.42 Å². The number of benzene rings is 1. The van der Waals surface area contributed by atoms with Crippen molar-refractivity contribution in [3.8, 4) is 0 Å². The van der Waals surface area contributed by atoms with E-state index in [4.69, 9.17) is 0 Å². The zero-order chi connectivity index (χ0) is 19.4. The van der Waals surface area contributed by atoms with E-state index >= 15 is 0 Å². The van der Waals surface area contributed by atoms with Gasteiger partial charge in [-0.1, -0.05) is 63.4 Å². The number of carbonyl (C=O) groups is 1. The van der Waals surface area contributed by atoms with Gasteiger partial charge in [-0.25, -0.2) is 0 Å². The molecular weight excluding hydrogens is 338 g/mol. The molecule has 5 nitrogen and oxygen atoms in total. The minimum absolute atomic E-state index is 0.0289. The minimum atomic E-state index is -0.685. The Morgan fingerprint density at radius 1 is 1.22 bits per heavy atom. The SMILES string of the molecule is CC(C)c1cc(C(=O)N(C[C@@H](O)c2ccccc2)C2CCCCC2)n(C)n1. The Labute approximate surface area is 162 Å². The number of rotatable bonds is 6. The molecule has 1 saturated carbocycles. The lowest BCUT2D eigenvalue weighted by Gasteiger charge is -2.35. The Morgan fingerprint density at radius 3 is 2.48 bits per heavy atom. The lowest BCUT2D eigenvalue weighted by Crippen LogP contribution is -2.44. The Hall–Kier alpha value is -2.14. The van der Waals surface area contributed by atoms with Crippen molar-refractivity contribution in [2.45, 2.75) is 64.0 Å². The summed E-state index contributed by atoms with van der Waals surface area (Å²) in [6.07, 6.45) is 4.82. The van der Waals surface area contributed by atoms with Crippen LogP contribution < -0.4 is 0 Å². The van der Waals surface area contributed by atoms with Crippen molar-refractivity contribution in [2.75, 3.05) is 6.54 Å². The van der Waals surface area contributed by atoms with Crippen molar-refractivity contribution in [3.63, 3.8) is 0 Å². The topological polar surface area (TPSA) is 58.4 Å². The number of nitrogens with zero attached hydrogens (tertiary/aromatic N) is 3. The summed E-state index contributed by atoms with van der Waals surface area (Å²) in [6.45, 7) is 4.47. The Kier molecular flexibility index (Phi) is 6.32. The van der Waals surface area contributed by atoms with Gasteiger partial charge in [0.05, 0.1) is 18.3 Å².